The van der Waals surface area contributed by atoms with Crippen LogP contribution in [-0.2, 0) is 0 Å². The number of rotatable bonds is 5. The summed E-state index contributed by atoms with van der Waals surface area (Å²) in [6, 6.07) is 6.35. The molecule has 1 aliphatic rings. The van der Waals surface area contributed by atoms with Crippen molar-refractivity contribution in [3.63, 3.8) is 0 Å². The van der Waals surface area contributed by atoms with E-state index in [4.69, 9.17) is 0 Å². The van der Waals surface area contributed by atoms with Gasteiger partial charge in [-0.3, -0.25) is 4.98 Å². The van der Waals surface area contributed by atoms with Crippen molar-refractivity contribution in [2.75, 3.05) is 6.54 Å². The molecule has 2 rings (SSSR count). The summed E-state index contributed by atoms with van der Waals surface area (Å²) in [6.07, 6.45) is 1.99. The van der Waals surface area contributed by atoms with Gasteiger partial charge in [-0.05, 0) is 25.0 Å². The van der Waals surface area contributed by atoms with Gasteiger partial charge < -0.3 is 10.4 Å². The van der Waals surface area contributed by atoms with Gasteiger partial charge in [0, 0.05) is 24.2 Å². The first-order chi connectivity index (χ1) is 7.66. The van der Waals surface area contributed by atoms with Crippen molar-refractivity contribution in [1.82, 2.24) is 10.3 Å². The normalized spacial score (nSPS) is 17.8. The molecule has 1 aliphatic carbocycles. The van der Waals surface area contributed by atoms with Crippen LogP contribution in [0.5, 0.6) is 0 Å². The second-order valence-corrected chi connectivity index (χ2v) is 4.84. The average Bonchev–Trinajstić information content (AvgIpc) is 3.10. The van der Waals surface area contributed by atoms with Crippen molar-refractivity contribution in [3.8, 4) is 0 Å². The third-order valence-corrected chi connectivity index (χ3v) is 2.85. The predicted octanol–water partition coefficient (Wildman–Crippen LogP) is 1.99. The van der Waals surface area contributed by atoms with Gasteiger partial charge in [-0.2, -0.15) is 0 Å². The molecule has 0 aromatic carbocycles. The molecule has 0 bridgehead atoms. The van der Waals surface area contributed by atoms with E-state index in [1.165, 1.54) is 12.8 Å². The monoisotopic (exact) mass is 220 g/mol. The zero-order chi connectivity index (χ0) is 11.5. The summed E-state index contributed by atoms with van der Waals surface area (Å²) in [6.45, 7) is 4.71. The third kappa shape index (κ3) is 3.03. The Morgan fingerprint density at radius 3 is 2.81 bits per heavy atom. The van der Waals surface area contributed by atoms with Crippen LogP contribution in [0.3, 0.4) is 0 Å². The smallest absolute Gasteiger partial charge is 0.108 e. The maximum Gasteiger partial charge on any atom is 0.108 e. The van der Waals surface area contributed by atoms with Crippen LogP contribution < -0.4 is 5.32 Å². The van der Waals surface area contributed by atoms with Gasteiger partial charge in [0.25, 0.3) is 0 Å². The predicted molar refractivity (Wildman–Crippen MR) is 64.3 cm³/mol. The SMILES string of the molecule is CC(C)NC[C@H](O)c1cccc(C2CC2)n1. The Kier molecular flexibility index (Phi) is 3.56. The Bertz CT molecular complexity index is 348. The van der Waals surface area contributed by atoms with Crippen LogP contribution in [0.1, 0.15) is 50.1 Å². The fourth-order valence-corrected chi connectivity index (χ4v) is 1.71. The van der Waals surface area contributed by atoms with Crippen molar-refractivity contribution in [3.05, 3.63) is 29.6 Å². The second kappa shape index (κ2) is 4.93. The fraction of sp³-hybridized carbons (Fsp3) is 0.615. The summed E-state index contributed by atoms with van der Waals surface area (Å²) < 4.78 is 0. The van der Waals surface area contributed by atoms with Gasteiger partial charge in [-0.15, -0.1) is 0 Å². The molecule has 0 spiro atoms. The molecule has 1 heterocycles. The molecular weight excluding hydrogens is 200 g/mol. The molecule has 0 aliphatic heterocycles. The lowest BCUT2D eigenvalue weighted by molar-refractivity contribution is 0.167. The largest absolute Gasteiger partial charge is 0.385 e. The molecule has 3 nitrogen and oxygen atoms in total. The van der Waals surface area contributed by atoms with E-state index < -0.39 is 6.10 Å². The van der Waals surface area contributed by atoms with Crippen molar-refractivity contribution in [1.29, 1.82) is 0 Å². The standard InChI is InChI=1S/C13H20N2O/c1-9(2)14-8-13(16)12-5-3-4-11(15-12)10-6-7-10/h3-5,9-10,13-14,16H,6-8H2,1-2H3/t13-/m0/s1. The van der Waals surface area contributed by atoms with Crippen molar-refractivity contribution in [2.45, 2.75) is 44.8 Å². The molecule has 16 heavy (non-hydrogen) atoms. The van der Waals surface area contributed by atoms with Gasteiger partial charge in [0.2, 0.25) is 0 Å². The van der Waals surface area contributed by atoms with Crippen LogP contribution in [0.2, 0.25) is 0 Å². The van der Waals surface area contributed by atoms with Crippen LogP contribution in [0.4, 0.5) is 0 Å². The number of pyridine rings is 1. The summed E-state index contributed by atoms with van der Waals surface area (Å²) >= 11 is 0. The van der Waals surface area contributed by atoms with E-state index in [2.05, 4.69) is 30.2 Å². The van der Waals surface area contributed by atoms with E-state index >= 15 is 0 Å². The van der Waals surface area contributed by atoms with Crippen LogP contribution >= 0.6 is 0 Å². The highest BCUT2D eigenvalue weighted by atomic mass is 16.3. The quantitative estimate of drug-likeness (QED) is 0.797. The highest BCUT2D eigenvalue weighted by molar-refractivity contribution is 5.19. The number of nitrogens with one attached hydrogen (secondary N) is 1. The summed E-state index contributed by atoms with van der Waals surface area (Å²) in [4.78, 5) is 4.52. The summed E-state index contributed by atoms with van der Waals surface area (Å²) in [5, 5.41) is 13.2. The van der Waals surface area contributed by atoms with Gasteiger partial charge in [0.1, 0.15) is 6.10 Å². The Balaban J connectivity index is 1.98. The summed E-state index contributed by atoms with van der Waals surface area (Å²) in [5.41, 5.74) is 1.93. The van der Waals surface area contributed by atoms with E-state index in [0.717, 1.165) is 11.4 Å². The minimum atomic E-state index is -0.499. The third-order valence-electron chi connectivity index (χ3n) is 2.85. The van der Waals surface area contributed by atoms with Gasteiger partial charge >= 0.3 is 0 Å². The molecule has 0 saturated heterocycles. The lowest BCUT2D eigenvalue weighted by atomic mass is 10.2. The first-order valence-electron chi connectivity index (χ1n) is 6.05. The zero-order valence-corrected chi connectivity index (χ0v) is 9.98. The topological polar surface area (TPSA) is 45.1 Å². The Labute approximate surface area is 96.9 Å². The number of aliphatic hydroxyl groups excluding tert-OH is 1. The zero-order valence-electron chi connectivity index (χ0n) is 9.98. The molecule has 1 aromatic rings. The maximum atomic E-state index is 9.97. The van der Waals surface area contributed by atoms with Gasteiger partial charge in [0.15, 0.2) is 0 Å². The number of hydrogen-bond acceptors (Lipinski definition) is 3. The van der Waals surface area contributed by atoms with Gasteiger partial charge in [-0.1, -0.05) is 19.9 Å². The van der Waals surface area contributed by atoms with Crippen molar-refractivity contribution in [2.24, 2.45) is 0 Å². The first kappa shape index (κ1) is 11.6. The molecule has 88 valence electrons. The summed E-state index contributed by atoms with van der Waals surface area (Å²) in [7, 11) is 0. The van der Waals surface area contributed by atoms with Crippen LogP contribution in [0.15, 0.2) is 18.2 Å². The highest BCUT2D eigenvalue weighted by Gasteiger charge is 2.25. The Morgan fingerprint density at radius 2 is 2.19 bits per heavy atom. The molecular formula is C13H20N2O. The lowest BCUT2D eigenvalue weighted by Crippen LogP contribution is -2.28. The summed E-state index contributed by atoms with van der Waals surface area (Å²) in [5.74, 6) is 0.644. The highest BCUT2D eigenvalue weighted by Crippen LogP contribution is 2.39. The first-order valence-corrected chi connectivity index (χ1v) is 6.05. The maximum absolute atomic E-state index is 9.97. The minimum absolute atomic E-state index is 0.390. The number of nitrogens with zero attached hydrogens (tertiary/aromatic N) is 1. The van der Waals surface area contributed by atoms with Crippen molar-refractivity contribution >= 4 is 0 Å². The number of aromatic nitrogens is 1. The number of hydrogen-bond donors (Lipinski definition) is 2. The van der Waals surface area contributed by atoms with Gasteiger partial charge in [0.05, 0.1) is 5.69 Å². The van der Waals surface area contributed by atoms with E-state index in [0.29, 0.717) is 18.5 Å². The van der Waals surface area contributed by atoms with Crippen molar-refractivity contribution < 1.29 is 5.11 Å². The molecule has 2 N–H and O–H groups in total. The van der Waals surface area contributed by atoms with Crippen LogP contribution in [0, 0.1) is 0 Å². The molecule has 0 radical (unpaired) electrons. The molecule has 1 atom stereocenters. The van der Waals surface area contributed by atoms with E-state index in [9.17, 15) is 5.11 Å². The molecule has 1 saturated carbocycles. The van der Waals surface area contributed by atoms with Gasteiger partial charge in [-0.25, -0.2) is 0 Å². The van der Waals surface area contributed by atoms with E-state index in [-0.39, 0.29) is 0 Å². The average molecular weight is 220 g/mol. The van der Waals surface area contributed by atoms with Crippen LogP contribution in [0.25, 0.3) is 0 Å². The molecule has 3 heteroatoms. The van der Waals surface area contributed by atoms with E-state index in [1.54, 1.807) is 0 Å². The van der Waals surface area contributed by atoms with E-state index in [1.807, 2.05) is 12.1 Å². The molecule has 1 aromatic heterocycles. The molecule has 0 unspecified atom stereocenters. The Morgan fingerprint density at radius 1 is 1.44 bits per heavy atom. The minimum Gasteiger partial charge on any atom is -0.385 e. The molecule has 1 fully saturated rings. The molecule has 0 amide bonds. The fourth-order valence-electron chi connectivity index (χ4n) is 1.71. The Hall–Kier alpha value is -0.930. The van der Waals surface area contributed by atoms with Crippen LogP contribution in [-0.4, -0.2) is 22.7 Å². The second-order valence-electron chi connectivity index (χ2n) is 4.84. The lowest BCUT2D eigenvalue weighted by Gasteiger charge is -2.14. The number of aliphatic hydroxyl groups is 1.